The van der Waals surface area contributed by atoms with Gasteiger partial charge in [0, 0.05) is 7.11 Å². The van der Waals surface area contributed by atoms with Crippen molar-refractivity contribution in [2.75, 3.05) is 40.4 Å². The third-order valence-corrected chi connectivity index (χ3v) is 3.21. The minimum atomic E-state index is -1.18. The molecule has 0 spiro atoms. The highest BCUT2D eigenvalue weighted by Gasteiger charge is 2.23. The van der Waals surface area contributed by atoms with Crippen LogP contribution in [0.1, 0.15) is 39.0 Å². The summed E-state index contributed by atoms with van der Waals surface area (Å²) in [4.78, 5) is 9.36. The van der Waals surface area contributed by atoms with E-state index in [9.17, 15) is 9.90 Å². The van der Waals surface area contributed by atoms with Gasteiger partial charge < -0.3 is 19.1 Å². The number of carboxylic acid groups (broad SMARTS) is 1. The largest absolute Gasteiger partial charge is 0.548 e. The van der Waals surface area contributed by atoms with Gasteiger partial charge in [-0.2, -0.15) is 0 Å². The van der Waals surface area contributed by atoms with Crippen LogP contribution in [0.3, 0.4) is 0 Å². The normalized spacial score (nSPS) is 18.1. The molecule has 0 aromatic carbocycles. The van der Waals surface area contributed by atoms with Crippen molar-refractivity contribution in [1.82, 2.24) is 0 Å². The van der Waals surface area contributed by atoms with Gasteiger partial charge >= 0.3 is 0 Å². The van der Waals surface area contributed by atoms with Gasteiger partial charge in [-0.3, -0.25) is 0 Å². The first-order valence-electron chi connectivity index (χ1n) is 6.56. The molecule has 0 saturated carbocycles. The van der Waals surface area contributed by atoms with Crippen LogP contribution >= 0.6 is 0 Å². The fraction of sp³-hybridized carbons (Fsp3) is 0.923. The predicted molar refractivity (Wildman–Crippen MR) is 66.4 cm³/mol. The number of ether oxygens (including phenoxy) is 1. The number of aliphatic carboxylic acids is 1. The molecule has 0 radical (unpaired) electrons. The van der Waals surface area contributed by atoms with Crippen molar-refractivity contribution in [2.45, 2.75) is 39.0 Å². The fourth-order valence-electron chi connectivity index (χ4n) is 2.16. The van der Waals surface area contributed by atoms with E-state index in [-0.39, 0.29) is 6.61 Å². The molecule has 0 aromatic rings. The number of likely N-dealkylation sites (tertiary alicyclic amines) is 1. The Morgan fingerprint density at radius 1 is 1.29 bits per heavy atom. The Labute approximate surface area is 105 Å². The number of carbonyl (C=O) groups excluding carboxylic acids is 1. The van der Waals surface area contributed by atoms with Crippen LogP contribution in [0.15, 0.2) is 0 Å². The van der Waals surface area contributed by atoms with Crippen LogP contribution < -0.4 is 5.11 Å². The van der Waals surface area contributed by atoms with E-state index in [0.29, 0.717) is 0 Å². The van der Waals surface area contributed by atoms with E-state index < -0.39 is 5.97 Å². The van der Waals surface area contributed by atoms with Gasteiger partial charge in [-0.1, -0.05) is 13.3 Å². The molecule has 0 amide bonds. The molecule has 4 heteroatoms. The molecule has 0 N–H and O–H groups in total. The van der Waals surface area contributed by atoms with Gasteiger partial charge in [-0.05, 0) is 25.7 Å². The molecule has 0 aliphatic carbocycles. The summed E-state index contributed by atoms with van der Waals surface area (Å²) in [6, 6.07) is 0. The lowest BCUT2D eigenvalue weighted by molar-refractivity contribution is -0.914. The van der Waals surface area contributed by atoms with Crippen LogP contribution in [-0.2, 0) is 9.53 Å². The minimum absolute atomic E-state index is 0.319. The SMILES string of the molecule is CCCC[N+]1(C)CCCCC1.COCC(=O)[O-]. The van der Waals surface area contributed by atoms with E-state index >= 15 is 0 Å². The summed E-state index contributed by atoms with van der Waals surface area (Å²) in [5.41, 5.74) is 0. The molecule has 17 heavy (non-hydrogen) atoms. The summed E-state index contributed by atoms with van der Waals surface area (Å²) in [7, 11) is 3.73. The Morgan fingerprint density at radius 3 is 2.24 bits per heavy atom. The van der Waals surface area contributed by atoms with Gasteiger partial charge in [-0.15, -0.1) is 0 Å². The third-order valence-electron chi connectivity index (χ3n) is 3.21. The van der Waals surface area contributed by atoms with Crippen molar-refractivity contribution in [3.63, 3.8) is 0 Å². The van der Waals surface area contributed by atoms with Crippen molar-refractivity contribution in [1.29, 1.82) is 0 Å². The zero-order valence-corrected chi connectivity index (χ0v) is 11.5. The molecule has 1 rings (SSSR count). The Bertz CT molecular complexity index is 201. The first kappa shape index (κ1) is 16.4. The summed E-state index contributed by atoms with van der Waals surface area (Å²) in [5.74, 6) is -1.18. The molecular weight excluding hydrogens is 218 g/mol. The molecule has 4 nitrogen and oxygen atoms in total. The number of carbonyl (C=O) groups is 1. The number of hydrogen-bond acceptors (Lipinski definition) is 3. The number of carboxylic acids is 1. The van der Waals surface area contributed by atoms with Crippen molar-refractivity contribution >= 4 is 5.97 Å². The predicted octanol–water partition coefficient (Wildman–Crippen LogP) is 0.800. The summed E-state index contributed by atoms with van der Waals surface area (Å²) >= 11 is 0. The van der Waals surface area contributed by atoms with Gasteiger partial charge in [0.25, 0.3) is 0 Å². The average molecular weight is 245 g/mol. The summed E-state index contributed by atoms with van der Waals surface area (Å²) in [6.07, 6.45) is 7.16. The lowest BCUT2D eigenvalue weighted by atomic mass is 10.1. The van der Waals surface area contributed by atoms with Crippen LogP contribution in [0.4, 0.5) is 0 Å². The quantitative estimate of drug-likeness (QED) is 0.673. The van der Waals surface area contributed by atoms with Gasteiger partial charge in [0.05, 0.1) is 39.3 Å². The number of hydrogen-bond donors (Lipinski definition) is 0. The molecule has 102 valence electrons. The second-order valence-corrected chi connectivity index (χ2v) is 5.01. The average Bonchev–Trinajstić information content (AvgIpc) is 2.28. The minimum Gasteiger partial charge on any atom is -0.548 e. The maximum absolute atomic E-state index is 9.36. The molecule has 1 aliphatic heterocycles. The second kappa shape index (κ2) is 9.42. The number of rotatable bonds is 5. The van der Waals surface area contributed by atoms with E-state index in [1.165, 1.54) is 63.3 Å². The van der Waals surface area contributed by atoms with E-state index in [2.05, 4.69) is 18.7 Å². The van der Waals surface area contributed by atoms with Gasteiger partial charge in [0.2, 0.25) is 0 Å². The van der Waals surface area contributed by atoms with Crippen LogP contribution in [-0.4, -0.2) is 50.9 Å². The number of methoxy groups -OCH3 is 1. The molecule has 1 aliphatic rings. The van der Waals surface area contributed by atoms with E-state index in [0.717, 1.165) is 0 Å². The zero-order valence-electron chi connectivity index (χ0n) is 11.5. The Kier molecular flexibility index (Phi) is 9.09. The summed E-state index contributed by atoms with van der Waals surface area (Å²) in [6.45, 7) is 6.24. The van der Waals surface area contributed by atoms with Crippen molar-refractivity contribution in [3.8, 4) is 0 Å². The molecule has 1 fully saturated rings. The standard InChI is InChI=1S/C10H22N.C3H6O3/c1-3-4-8-11(2)9-6-5-7-10-11;1-6-2-3(4)5/h3-10H2,1-2H3;2H2,1H3,(H,4,5)/q+1;/p-1. The Hall–Kier alpha value is -0.610. The van der Waals surface area contributed by atoms with Gasteiger partial charge in [0.1, 0.15) is 0 Å². The number of nitrogens with zero attached hydrogens (tertiary/aromatic N) is 1. The molecule has 0 unspecified atom stereocenters. The second-order valence-electron chi connectivity index (χ2n) is 5.01. The van der Waals surface area contributed by atoms with Gasteiger partial charge in [0.15, 0.2) is 0 Å². The summed E-state index contributed by atoms with van der Waals surface area (Å²) < 4.78 is 5.50. The maximum Gasteiger partial charge on any atom is 0.0857 e. The number of quaternary nitrogens is 1. The highest BCUT2D eigenvalue weighted by molar-refractivity contribution is 5.65. The molecule has 1 saturated heterocycles. The van der Waals surface area contributed by atoms with E-state index in [1.54, 1.807) is 0 Å². The first-order chi connectivity index (χ1) is 8.04. The molecule has 0 aromatic heterocycles. The molecular formula is C13H27NO3. The maximum atomic E-state index is 9.36. The summed E-state index contributed by atoms with van der Waals surface area (Å²) in [5, 5.41) is 9.36. The topological polar surface area (TPSA) is 49.4 Å². The van der Waals surface area contributed by atoms with E-state index in [4.69, 9.17) is 0 Å². The Morgan fingerprint density at radius 2 is 1.88 bits per heavy atom. The van der Waals surface area contributed by atoms with Crippen molar-refractivity contribution < 1.29 is 19.1 Å². The molecule has 1 heterocycles. The van der Waals surface area contributed by atoms with Crippen LogP contribution in [0.5, 0.6) is 0 Å². The lowest BCUT2D eigenvalue weighted by Crippen LogP contribution is -2.48. The monoisotopic (exact) mass is 245 g/mol. The first-order valence-corrected chi connectivity index (χ1v) is 6.56. The van der Waals surface area contributed by atoms with Crippen molar-refractivity contribution in [3.05, 3.63) is 0 Å². The highest BCUT2D eigenvalue weighted by atomic mass is 16.5. The lowest BCUT2D eigenvalue weighted by Gasteiger charge is -2.37. The van der Waals surface area contributed by atoms with Crippen LogP contribution in [0.2, 0.25) is 0 Å². The highest BCUT2D eigenvalue weighted by Crippen LogP contribution is 2.16. The van der Waals surface area contributed by atoms with Crippen LogP contribution in [0, 0.1) is 0 Å². The molecule has 0 atom stereocenters. The Balaban J connectivity index is 0.000000366. The van der Waals surface area contributed by atoms with Gasteiger partial charge in [-0.25, -0.2) is 0 Å². The smallest absolute Gasteiger partial charge is 0.0857 e. The zero-order chi connectivity index (χ0) is 13.1. The van der Waals surface area contributed by atoms with Crippen LogP contribution in [0.25, 0.3) is 0 Å². The van der Waals surface area contributed by atoms with E-state index in [1.807, 2.05) is 0 Å². The van der Waals surface area contributed by atoms with Crippen molar-refractivity contribution in [2.24, 2.45) is 0 Å². The third kappa shape index (κ3) is 9.12. The molecule has 0 bridgehead atoms. The fourth-order valence-corrected chi connectivity index (χ4v) is 2.16. The number of unbranched alkanes of at least 4 members (excludes halogenated alkanes) is 1. The number of piperidine rings is 1.